The molecule has 2 amide bonds. The van der Waals surface area contributed by atoms with E-state index in [2.05, 4.69) is 20.6 Å². The highest BCUT2D eigenvalue weighted by Gasteiger charge is 2.24. The molecule has 7 heteroatoms. The van der Waals surface area contributed by atoms with Crippen molar-refractivity contribution in [2.45, 2.75) is 39.8 Å². The Morgan fingerprint density at radius 1 is 1.10 bits per heavy atom. The quantitative estimate of drug-likeness (QED) is 0.484. The number of H-pyrrole nitrogens is 1. The van der Waals surface area contributed by atoms with E-state index >= 15 is 0 Å². The van der Waals surface area contributed by atoms with Crippen LogP contribution in [0.5, 0.6) is 0 Å². The van der Waals surface area contributed by atoms with E-state index in [9.17, 15) is 9.59 Å². The van der Waals surface area contributed by atoms with Gasteiger partial charge in [-0.3, -0.25) is 9.59 Å². The summed E-state index contributed by atoms with van der Waals surface area (Å²) in [6.45, 7) is 6.04. The highest BCUT2D eigenvalue weighted by atomic mass is 16.2. The van der Waals surface area contributed by atoms with Gasteiger partial charge in [-0.15, -0.1) is 0 Å². The van der Waals surface area contributed by atoms with Crippen LogP contribution >= 0.6 is 0 Å². The molecule has 2 heterocycles. The highest BCUT2D eigenvalue weighted by molar-refractivity contribution is 5.97. The summed E-state index contributed by atoms with van der Waals surface area (Å²) in [6.07, 6.45) is 2.01. The summed E-state index contributed by atoms with van der Waals surface area (Å²) in [5, 5.41) is 5.78. The monoisotopic (exact) mass is 405 g/mol. The van der Waals surface area contributed by atoms with Crippen LogP contribution < -0.4 is 16.4 Å². The number of aromatic nitrogens is 2. The molecule has 0 bridgehead atoms. The second-order valence-corrected chi connectivity index (χ2v) is 7.48. The van der Waals surface area contributed by atoms with Gasteiger partial charge >= 0.3 is 0 Å². The minimum absolute atomic E-state index is 0.260. The Morgan fingerprint density at radius 2 is 1.87 bits per heavy atom. The first-order valence-electron chi connectivity index (χ1n) is 9.83. The molecule has 1 aromatic carbocycles. The van der Waals surface area contributed by atoms with Crippen LogP contribution in [0.4, 0.5) is 5.82 Å². The van der Waals surface area contributed by atoms with Crippen molar-refractivity contribution in [2.24, 2.45) is 0 Å². The second-order valence-electron chi connectivity index (χ2n) is 7.48. The van der Waals surface area contributed by atoms with Crippen LogP contribution in [0.1, 0.15) is 38.4 Å². The molecule has 0 spiro atoms. The summed E-state index contributed by atoms with van der Waals surface area (Å²) < 4.78 is 0. The zero-order valence-corrected chi connectivity index (χ0v) is 17.5. The van der Waals surface area contributed by atoms with Crippen molar-refractivity contribution < 1.29 is 9.59 Å². The number of aromatic amines is 1. The summed E-state index contributed by atoms with van der Waals surface area (Å²) in [5.74, 6) is -0.140. The molecule has 3 aromatic rings. The number of nitrogens with zero attached hydrogens (tertiary/aromatic N) is 1. The average molecular weight is 406 g/mol. The van der Waals surface area contributed by atoms with E-state index in [1.165, 1.54) is 0 Å². The van der Waals surface area contributed by atoms with Gasteiger partial charge in [0.2, 0.25) is 5.91 Å². The standard InChI is InChI=1S/C23H27N5O2/c1-14-6-4-5-7-18(14)11-19(28-23(30)21-15(2)10-16(3)27-21)22(29)26-13-17-8-9-20(24)25-12-17/h4-10,12,19,27H,11,13H2,1-3H3,(H2,24,25)(H,26,29)(H,28,30)/t19-/m0/s1. The lowest BCUT2D eigenvalue weighted by atomic mass is 10.00. The zero-order chi connectivity index (χ0) is 21.7. The van der Waals surface area contributed by atoms with Gasteiger partial charge in [-0.2, -0.15) is 0 Å². The fraction of sp³-hybridized carbons (Fsp3) is 0.261. The molecule has 30 heavy (non-hydrogen) atoms. The van der Waals surface area contributed by atoms with Crippen LogP contribution in [0.15, 0.2) is 48.7 Å². The van der Waals surface area contributed by atoms with Gasteiger partial charge in [0.25, 0.3) is 5.91 Å². The average Bonchev–Trinajstić information content (AvgIpc) is 3.06. The topological polar surface area (TPSA) is 113 Å². The number of pyridine rings is 1. The minimum atomic E-state index is -0.719. The molecule has 0 aliphatic heterocycles. The van der Waals surface area contributed by atoms with Crippen LogP contribution in [0.25, 0.3) is 0 Å². The van der Waals surface area contributed by atoms with Crippen LogP contribution in [-0.4, -0.2) is 27.8 Å². The van der Waals surface area contributed by atoms with E-state index in [0.29, 0.717) is 24.5 Å². The van der Waals surface area contributed by atoms with Crippen molar-refractivity contribution in [1.82, 2.24) is 20.6 Å². The molecular formula is C23H27N5O2. The maximum Gasteiger partial charge on any atom is 0.268 e. The number of aryl methyl sites for hydroxylation is 3. The van der Waals surface area contributed by atoms with Gasteiger partial charge in [0, 0.05) is 24.9 Å². The molecule has 1 atom stereocenters. The summed E-state index contributed by atoms with van der Waals surface area (Å²) in [4.78, 5) is 32.9. The van der Waals surface area contributed by atoms with E-state index in [1.54, 1.807) is 12.3 Å². The largest absolute Gasteiger partial charge is 0.384 e. The van der Waals surface area contributed by atoms with Crippen molar-refractivity contribution in [3.05, 3.63) is 82.3 Å². The summed E-state index contributed by atoms with van der Waals surface area (Å²) >= 11 is 0. The fourth-order valence-electron chi connectivity index (χ4n) is 3.32. The fourth-order valence-corrected chi connectivity index (χ4v) is 3.32. The Kier molecular flexibility index (Phi) is 6.51. The normalized spacial score (nSPS) is 11.7. The zero-order valence-electron chi connectivity index (χ0n) is 17.5. The predicted octanol–water partition coefficient (Wildman–Crippen LogP) is 2.57. The maximum absolute atomic E-state index is 13.0. The molecule has 3 rings (SSSR count). The summed E-state index contributed by atoms with van der Waals surface area (Å²) in [6, 6.07) is 12.5. The van der Waals surface area contributed by atoms with Gasteiger partial charge in [0.15, 0.2) is 0 Å². The lowest BCUT2D eigenvalue weighted by Crippen LogP contribution is -2.48. The number of benzene rings is 1. The van der Waals surface area contributed by atoms with Crippen LogP contribution in [0.3, 0.4) is 0 Å². The van der Waals surface area contributed by atoms with Gasteiger partial charge in [0.05, 0.1) is 0 Å². The van der Waals surface area contributed by atoms with Crippen molar-refractivity contribution in [3.63, 3.8) is 0 Å². The Bertz CT molecular complexity index is 1040. The van der Waals surface area contributed by atoms with E-state index in [-0.39, 0.29) is 11.8 Å². The van der Waals surface area contributed by atoms with E-state index in [0.717, 1.165) is 27.9 Å². The predicted molar refractivity (Wildman–Crippen MR) is 117 cm³/mol. The van der Waals surface area contributed by atoms with Gasteiger partial charge in [-0.1, -0.05) is 30.3 Å². The van der Waals surface area contributed by atoms with Crippen molar-refractivity contribution >= 4 is 17.6 Å². The summed E-state index contributed by atoms with van der Waals surface area (Å²) in [5.41, 5.74) is 10.7. The molecular weight excluding hydrogens is 378 g/mol. The molecule has 0 unspecified atom stereocenters. The third-order valence-electron chi connectivity index (χ3n) is 5.00. The number of carbonyl (C=O) groups excluding carboxylic acids is 2. The number of hydrogen-bond acceptors (Lipinski definition) is 4. The Morgan fingerprint density at radius 3 is 2.50 bits per heavy atom. The Hall–Kier alpha value is -3.61. The molecule has 0 radical (unpaired) electrons. The first-order chi connectivity index (χ1) is 14.3. The number of rotatable bonds is 7. The van der Waals surface area contributed by atoms with Crippen molar-refractivity contribution in [1.29, 1.82) is 0 Å². The smallest absolute Gasteiger partial charge is 0.268 e. The molecule has 5 N–H and O–H groups in total. The van der Waals surface area contributed by atoms with E-state index < -0.39 is 6.04 Å². The highest BCUT2D eigenvalue weighted by Crippen LogP contribution is 2.13. The van der Waals surface area contributed by atoms with Gasteiger partial charge < -0.3 is 21.4 Å². The first kappa shape index (κ1) is 21.1. The van der Waals surface area contributed by atoms with Crippen LogP contribution in [0.2, 0.25) is 0 Å². The van der Waals surface area contributed by atoms with Crippen molar-refractivity contribution in [2.75, 3.05) is 5.73 Å². The van der Waals surface area contributed by atoms with Gasteiger partial charge in [0.1, 0.15) is 17.6 Å². The molecule has 0 aliphatic rings. The first-order valence-corrected chi connectivity index (χ1v) is 9.83. The molecule has 0 saturated heterocycles. The number of anilines is 1. The molecule has 0 fully saturated rings. The number of nitrogen functional groups attached to an aromatic ring is 1. The van der Waals surface area contributed by atoms with Gasteiger partial charge in [-0.05, 0) is 55.2 Å². The number of nitrogens with two attached hydrogens (primary N) is 1. The number of hydrogen-bond donors (Lipinski definition) is 4. The van der Waals surface area contributed by atoms with Gasteiger partial charge in [-0.25, -0.2) is 4.98 Å². The second kappa shape index (κ2) is 9.26. The molecule has 0 aliphatic carbocycles. The molecule has 2 aromatic heterocycles. The van der Waals surface area contributed by atoms with Crippen molar-refractivity contribution in [3.8, 4) is 0 Å². The molecule has 156 valence electrons. The summed E-state index contributed by atoms with van der Waals surface area (Å²) in [7, 11) is 0. The minimum Gasteiger partial charge on any atom is -0.384 e. The van der Waals surface area contributed by atoms with E-state index in [4.69, 9.17) is 5.73 Å². The van der Waals surface area contributed by atoms with Crippen LogP contribution in [-0.2, 0) is 17.8 Å². The number of carbonyl (C=O) groups is 2. The van der Waals surface area contributed by atoms with Crippen LogP contribution in [0, 0.1) is 20.8 Å². The van der Waals surface area contributed by atoms with E-state index in [1.807, 2.05) is 57.2 Å². The lowest BCUT2D eigenvalue weighted by Gasteiger charge is -2.19. The third-order valence-corrected chi connectivity index (χ3v) is 5.00. The third kappa shape index (κ3) is 5.26. The number of nitrogens with one attached hydrogen (secondary N) is 3. The lowest BCUT2D eigenvalue weighted by molar-refractivity contribution is -0.123. The maximum atomic E-state index is 13.0. The Labute approximate surface area is 176 Å². The Balaban J connectivity index is 1.76. The molecule has 0 saturated carbocycles. The number of amides is 2. The SMILES string of the molecule is Cc1cc(C)c(C(=O)N[C@@H](Cc2ccccc2C)C(=O)NCc2ccc(N)nc2)[nH]1. The molecule has 7 nitrogen and oxygen atoms in total.